The number of nitrogens with one attached hydrogen (secondary N) is 1. The minimum absolute atomic E-state index is 0.231. The molecule has 3 N–H and O–H groups in total. The summed E-state index contributed by atoms with van der Waals surface area (Å²) < 4.78 is 5.26. The first-order valence-electron chi connectivity index (χ1n) is 7.56. The van der Waals surface area contributed by atoms with Crippen LogP contribution in [-0.4, -0.2) is 13.0 Å². The lowest BCUT2D eigenvalue weighted by molar-refractivity contribution is 0.102. The van der Waals surface area contributed by atoms with E-state index >= 15 is 0 Å². The van der Waals surface area contributed by atoms with Gasteiger partial charge in [-0.3, -0.25) is 4.79 Å². The minimum atomic E-state index is -0.231. The molecule has 1 aliphatic carbocycles. The molecular weight excluding hydrogens is 332 g/mol. The van der Waals surface area contributed by atoms with E-state index in [1.165, 1.54) is 36.0 Å². The third kappa shape index (κ3) is 3.03. The predicted octanol–water partition coefficient (Wildman–Crippen LogP) is 4.43. The first-order chi connectivity index (χ1) is 11.0. The highest BCUT2D eigenvalue weighted by Crippen LogP contribution is 2.38. The minimum Gasteiger partial charge on any atom is -0.496 e. The number of aryl methyl sites for hydroxylation is 1. The smallest absolute Gasteiger partial charge is 0.260 e. The lowest BCUT2D eigenvalue weighted by atomic mass is 9.96. The fraction of sp³-hybridized carbons (Fsp3) is 0.353. The first-order valence-corrected chi connectivity index (χ1v) is 8.76. The Morgan fingerprint density at radius 2 is 2.09 bits per heavy atom. The number of thiophene rings is 1. The molecule has 0 spiro atoms. The number of nitrogens with two attached hydrogens (primary N) is 1. The average Bonchev–Trinajstić information content (AvgIpc) is 2.86. The molecule has 1 amide bonds. The number of benzene rings is 1. The highest BCUT2D eigenvalue weighted by atomic mass is 35.5. The van der Waals surface area contributed by atoms with Crippen LogP contribution in [-0.2, 0) is 12.8 Å². The van der Waals surface area contributed by atoms with Gasteiger partial charge in [0.25, 0.3) is 5.91 Å². The fourth-order valence-electron chi connectivity index (χ4n) is 2.93. The zero-order chi connectivity index (χ0) is 16.6. The van der Waals surface area contributed by atoms with Gasteiger partial charge in [0.2, 0.25) is 0 Å². The lowest BCUT2D eigenvalue weighted by Gasteiger charge is -2.11. The van der Waals surface area contributed by atoms with Crippen molar-refractivity contribution in [1.29, 1.82) is 0 Å². The topological polar surface area (TPSA) is 64.3 Å². The maximum Gasteiger partial charge on any atom is 0.260 e. The van der Waals surface area contributed by atoms with Crippen molar-refractivity contribution in [3.05, 3.63) is 38.7 Å². The molecule has 0 atom stereocenters. The van der Waals surface area contributed by atoms with E-state index in [0.29, 0.717) is 22.0 Å². The monoisotopic (exact) mass is 350 g/mol. The van der Waals surface area contributed by atoms with Crippen molar-refractivity contribution in [1.82, 2.24) is 0 Å². The van der Waals surface area contributed by atoms with Gasteiger partial charge in [0, 0.05) is 10.9 Å². The fourth-order valence-corrected chi connectivity index (χ4v) is 4.38. The normalized spacial score (nSPS) is 13.5. The summed E-state index contributed by atoms with van der Waals surface area (Å²) >= 11 is 7.72. The zero-order valence-corrected chi connectivity index (χ0v) is 14.7. The van der Waals surface area contributed by atoms with Crippen LogP contribution in [0.3, 0.4) is 0 Å². The van der Waals surface area contributed by atoms with Crippen molar-refractivity contribution >= 4 is 39.5 Å². The number of carbonyl (C=O) groups excluding carboxylic acids is 1. The number of halogens is 1. The number of anilines is 2. The summed E-state index contributed by atoms with van der Waals surface area (Å²) in [5.74, 6) is 0.189. The Kier molecular flexibility index (Phi) is 4.50. The number of nitrogen functional groups attached to an aromatic ring is 1. The van der Waals surface area contributed by atoms with Gasteiger partial charge in [-0.25, -0.2) is 0 Å². The highest BCUT2D eigenvalue weighted by Gasteiger charge is 2.21. The molecule has 4 nitrogen and oxygen atoms in total. The zero-order valence-electron chi connectivity index (χ0n) is 13.2. The summed E-state index contributed by atoms with van der Waals surface area (Å²) in [6, 6.07) is 3.12. The summed E-state index contributed by atoms with van der Waals surface area (Å²) in [4.78, 5) is 14.0. The third-order valence-corrected chi connectivity index (χ3v) is 5.86. The van der Waals surface area contributed by atoms with E-state index < -0.39 is 0 Å². The van der Waals surface area contributed by atoms with Gasteiger partial charge in [0.15, 0.2) is 0 Å². The molecule has 1 aromatic heterocycles. The van der Waals surface area contributed by atoms with Crippen LogP contribution in [0.15, 0.2) is 12.1 Å². The van der Waals surface area contributed by atoms with Gasteiger partial charge in [-0.2, -0.15) is 0 Å². The summed E-state index contributed by atoms with van der Waals surface area (Å²) in [6.07, 6.45) is 4.65. The summed E-state index contributed by atoms with van der Waals surface area (Å²) in [7, 11) is 1.51. The molecule has 0 fully saturated rings. The van der Waals surface area contributed by atoms with E-state index in [1.54, 1.807) is 23.5 Å². The average molecular weight is 351 g/mol. The Balaban J connectivity index is 1.91. The molecular formula is C17H19ClN2O2S. The number of carbonyl (C=O) groups is 1. The maximum absolute atomic E-state index is 12.6. The van der Waals surface area contributed by atoms with Crippen molar-refractivity contribution < 1.29 is 9.53 Å². The molecule has 3 rings (SSSR count). The van der Waals surface area contributed by atoms with Gasteiger partial charge < -0.3 is 15.8 Å². The second-order valence-corrected chi connectivity index (χ2v) is 7.21. The predicted molar refractivity (Wildman–Crippen MR) is 96.1 cm³/mol. The van der Waals surface area contributed by atoms with Gasteiger partial charge >= 0.3 is 0 Å². The Labute approximate surface area is 144 Å². The maximum atomic E-state index is 12.6. The number of fused-ring (bicyclic) bond motifs is 1. The molecule has 1 heterocycles. The number of ether oxygens (including phenoxy) is 1. The molecule has 122 valence electrons. The highest BCUT2D eigenvalue weighted by molar-refractivity contribution is 7.16. The number of hydrogen-bond acceptors (Lipinski definition) is 4. The van der Waals surface area contributed by atoms with Crippen molar-refractivity contribution in [2.75, 3.05) is 18.2 Å². The van der Waals surface area contributed by atoms with E-state index in [0.717, 1.165) is 17.8 Å². The molecule has 0 aliphatic heterocycles. The van der Waals surface area contributed by atoms with Crippen LogP contribution in [0, 0.1) is 6.92 Å². The second-order valence-electron chi connectivity index (χ2n) is 5.69. The molecule has 23 heavy (non-hydrogen) atoms. The van der Waals surface area contributed by atoms with Crippen molar-refractivity contribution in [3.63, 3.8) is 0 Å². The molecule has 0 bridgehead atoms. The third-order valence-electron chi connectivity index (χ3n) is 4.23. The van der Waals surface area contributed by atoms with Gasteiger partial charge in [0.05, 0.1) is 28.4 Å². The summed E-state index contributed by atoms with van der Waals surface area (Å²) in [5.41, 5.74) is 9.13. The SMILES string of the molecule is COc1cc(N)c(Cl)cc1C(=O)Nc1sc2c(c1C)CCCC2. The van der Waals surface area contributed by atoms with Gasteiger partial charge in [-0.05, 0) is 49.8 Å². The molecule has 1 aromatic carbocycles. The molecule has 6 heteroatoms. The number of amides is 1. The van der Waals surface area contributed by atoms with E-state index in [9.17, 15) is 4.79 Å². The summed E-state index contributed by atoms with van der Waals surface area (Å²) in [6.45, 7) is 2.07. The van der Waals surface area contributed by atoms with Crippen molar-refractivity contribution in [3.8, 4) is 5.75 Å². The Bertz CT molecular complexity index is 770. The number of methoxy groups -OCH3 is 1. The second kappa shape index (κ2) is 6.42. The van der Waals surface area contributed by atoms with Gasteiger partial charge in [0.1, 0.15) is 5.75 Å². The first kappa shape index (κ1) is 16.1. The quantitative estimate of drug-likeness (QED) is 0.805. The largest absolute Gasteiger partial charge is 0.496 e. The van der Waals surface area contributed by atoms with Crippen LogP contribution in [0.4, 0.5) is 10.7 Å². The van der Waals surface area contributed by atoms with E-state index in [-0.39, 0.29) is 5.91 Å². The Morgan fingerprint density at radius 3 is 2.78 bits per heavy atom. The van der Waals surface area contributed by atoms with Crippen LogP contribution in [0.25, 0.3) is 0 Å². The molecule has 0 saturated carbocycles. The van der Waals surface area contributed by atoms with Crippen molar-refractivity contribution in [2.45, 2.75) is 32.6 Å². The molecule has 0 radical (unpaired) electrons. The Morgan fingerprint density at radius 1 is 1.35 bits per heavy atom. The van der Waals surface area contributed by atoms with Crippen LogP contribution in [0.5, 0.6) is 5.75 Å². The standard InChI is InChI=1S/C17H19ClN2O2S/c1-9-10-5-3-4-6-15(10)23-17(9)20-16(21)11-7-12(18)13(19)8-14(11)22-2/h7-8H,3-6,19H2,1-2H3,(H,20,21). The number of rotatable bonds is 3. The van der Waals surface area contributed by atoms with Gasteiger partial charge in [-0.15, -0.1) is 11.3 Å². The van der Waals surface area contributed by atoms with Crippen LogP contribution in [0.2, 0.25) is 5.02 Å². The van der Waals surface area contributed by atoms with Crippen LogP contribution < -0.4 is 15.8 Å². The van der Waals surface area contributed by atoms with E-state index in [1.807, 2.05) is 0 Å². The number of hydrogen-bond donors (Lipinski definition) is 2. The Hall–Kier alpha value is -1.72. The molecule has 0 unspecified atom stereocenters. The van der Waals surface area contributed by atoms with Crippen LogP contribution >= 0.6 is 22.9 Å². The molecule has 2 aromatic rings. The summed E-state index contributed by atoms with van der Waals surface area (Å²) in [5, 5.41) is 4.26. The van der Waals surface area contributed by atoms with Gasteiger partial charge in [-0.1, -0.05) is 11.6 Å². The van der Waals surface area contributed by atoms with E-state index in [2.05, 4.69) is 12.2 Å². The molecule has 0 saturated heterocycles. The van der Waals surface area contributed by atoms with Crippen LogP contribution in [0.1, 0.15) is 39.2 Å². The molecule has 1 aliphatic rings. The van der Waals surface area contributed by atoms with E-state index in [4.69, 9.17) is 22.1 Å². The van der Waals surface area contributed by atoms with Crippen molar-refractivity contribution in [2.24, 2.45) is 0 Å². The lowest BCUT2D eigenvalue weighted by Crippen LogP contribution is -2.13.